The van der Waals surface area contributed by atoms with E-state index in [0.29, 0.717) is 6.61 Å². The monoisotopic (exact) mass is 185 g/mol. The maximum Gasteiger partial charge on any atom is 0.311 e. The molecule has 0 aromatic heterocycles. The molecule has 0 saturated carbocycles. The molecule has 1 spiro atoms. The van der Waals surface area contributed by atoms with Gasteiger partial charge in [-0.1, -0.05) is 0 Å². The Hall–Kier alpha value is -0.610. The van der Waals surface area contributed by atoms with Gasteiger partial charge in [0.15, 0.2) is 0 Å². The molecule has 2 aliphatic heterocycles. The highest BCUT2D eigenvalue weighted by Crippen LogP contribution is 2.39. The Morgan fingerprint density at radius 3 is 2.92 bits per heavy atom. The van der Waals surface area contributed by atoms with Gasteiger partial charge in [0.2, 0.25) is 0 Å². The van der Waals surface area contributed by atoms with Crippen LogP contribution in [-0.2, 0) is 14.3 Å². The van der Waals surface area contributed by atoms with E-state index in [1.165, 1.54) is 7.11 Å². The quantitative estimate of drug-likeness (QED) is 0.574. The second-order valence-corrected chi connectivity index (χ2v) is 3.87. The molecule has 1 unspecified atom stereocenters. The van der Waals surface area contributed by atoms with Gasteiger partial charge in [-0.15, -0.1) is 0 Å². The molecule has 2 rings (SSSR count). The molecule has 1 N–H and O–H groups in total. The number of methoxy groups -OCH3 is 1. The molecule has 0 amide bonds. The first-order valence-corrected chi connectivity index (χ1v) is 4.65. The van der Waals surface area contributed by atoms with Crippen LogP contribution in [0.4, 0.5) is 0 Å². The van der Waals surface area contributed by atoms with Gasteiger partial charge in [0.05, 0.1) is 19.6 Å². The Bertz CT molecular complexity index is 213. The molecule has 4 heteroatoms. The molecule has 0 bridgehead atoms. The van der Waals surface area contributed by atoms with Gasteiger partial charge >= 0.3 is 5.97 Å². The molecular formula is C9H15NO3. The maximum absolute atomic E-state index is 11.4. The van der Waals surface area contributed by atoms with Crippen molar-refractivity contribution >= 4 is 5.97 Å². The van der Waals surface area contributed by atoms with Gasteiger partial charge in [-0.2, -0.15) is 0 Å². The summed E-state index contributed by atoms with van der Waals surface area (Å²) >= 11 is 0. The molecule has 2 heterocycles. The molecule has 0 aromatic rings. The van der Waals surface area contributed by atoms with E-state index >= 15 is 0 Å². The third kappa shape index (κ3) is 1.34. The summed E-state index contributed by atoms with van der Waals surface area (Å²) < 4.78 is 10.1. The van der Waals surface area contributed by atoms with Gasteiger partial charge in [0.1, 0.15) is 0 Å². The van der Waals surface area contributed by atoms with Crippen LogP contribution in [0, 0.1) is 11.3 Å². The second kappa shape index (κ2) is 3.27. The van der Waals surface area contributed by atoms with Crippen molar-refractivity contribution in [2.75, 3.05) is 33.4 Å². The highest BCUT2D eigenvalue weighted by molar-refractivity contribution is 5.74. The Balaban J connectivity index is 2.09. The first-order valence-electron chi connectivity index (χ1n) is 4.65. The predicted molar refractivity (Wildman–Crippen MR) is 46.2 cm³/mol. The lowest BCUT2D eigenvalue weighted by molar-refractivity contribution is -0.163. The molecule has 4 nitrogen and oxygen atoms in total. The fourth-order valence-electron chi connectivity index (χ4n) is 2.16. The van der Waals surface area contributed by atoms with Crippen molar-refractivity contribution in [2.45, 2.75) is 6.42 Å². The Morgan fingerprint density at radius 2 is 2.38 bits per heavy atom. The van der Waals surface area contributed by atoms with Crippen molar-refractivity contribution < 1.29 is 14.3 Å². The topological polar surface area (TPSA) is 47.6 Å². The highest BCUT2D eigenvalue weighted by atomic mass is 16.5. The second-order valence-electron chi connectivity index (χ2n) is 3.87. The summed E-state index contributed by atoms with van der Waals surface area (Å²) in [5.41, 5.74) is 0.130. The lowest BCUT2D eigenvalue weighted by Gasteiger charge is -2.49. The lowest BCUT2D eigenvalue weighted by Crippen LogP contribution is -2.62. The zero-order chi connectivity index (χ0) is 9.31. The van der Waals surface area contributed by atoms with Crippen LogP contribution < -0.4 is 5.32 Å². The fourth-order valence-corrected chi connectivity index (χ4v) is 2.16. The number of rotatable bonds is 1. The van der Waals surface area contributed by atoms with Gasteiger partial charge in [0.25, 0.3) is 0 Å². The van der Waals surface area contributed by atoms with Crippen molar-refractivity contribution in [3.63, 3.8) is 0 Å². The molecule has 2 aliphatic rings. The zero-order valence-corrected chi connectivity index (χ0v) is 7.84. The SMILES string of the molecule is COC(=O)C1COCCC12CNC2. The zero-order valence-electron chi connectivity index (χ0n) is 7.84. The fraction of sp³-hybridized carbons (Fsp3) is 0.889. The molecule has 2 saturated heterocycles. The summed E-state index contributed by atoms with van der Waals surface area (Å²) in [7, 11) is 1.44. The standard InChI is InChI=1S/C9H15NO3/c1-12-8(11)7-4-13-3-2-9(7)5-10-6-9/h7,10H,2-6H2,1H3. The molecular weight excluding hydrogens is 170 g/mol. The van der Waals surface area contributed by atoms with Crippen molar-refractivity contribution in [3.05, 3.63) is 0 Å². The smallest absolute Gasteiger partial charge is 0.311 e. The number of nitrogens with one attached hydrogen (secondary N) is 1. The van der Waals surface area contributed by atoms with Crippen molar-refractivity contribution in [3.8, 4) is 0 Å². The summed E-state index contributed by atoms with van der Waals surface area (Å²) in [5, 5.41) is 3.22. The third-order valence-electron chi connectivity index (χ3n) is 3.21. The first-order chi connectivity index (χ1) is 6.28. The van der Waals surface area contributed by atoms with Gasteiger partial charge in [-0.25, -0.2) is 0 Å². The molecule has 1 atom stereocenters. The van der Waals surface area contributed by atoms with E-state index in [9.17, 15) is 4.79 Å². The first kappa shape index (κ1) is 8.97. The predicted octanol–water partition coefficient (Wildman–Crippen LogP) is -0.215. The molecule has 0 aromatic carbocycles. The number of carbonyl (C=O) groups excluding carboxylic acids is 1. The summed E-state index contributed by atoms with van der Waals surface area (Å²) in [6, 6.07) is 0. The third-order valence-corrected chi connectivity index (χ3v) is 3.21. The number of hydrogen-bond acceptors (Lipinski definition) is 4. The van der Waals surface area contributed by atoms with Gasteiger partial charge in [0, 0.05) is 25.1 Å². The van der Waals surface area contributed by atoms with Gasteiger partial charge in [-0.05, 0) is 6.42 Å². The number of esters is 1. The van der Waals surface area contributed by atoms with E-state index in [-0.39, 0.29) is 17.3 Å². The molecule has 74 valence electrons. The highest BCUT2D eigenvalue weighted by Gasteiger charge is 2.49. The average molecular weight is 185 g/mol. The van der Waals surface area contributed by atoms with Gasteiger partial charge < -0.3 is 14.8 Å². The minimum absolute atomic E-state index is 0.0625. The largest absolute Gasteiger partial charge is 0.469 e. The van der Waals surface area contributed by atoms with Crippen LogP contribution in [0.15, 0.2) is 0 Å². The van der Waals surface area contributed by atoms with Crippen LogP contribution in [0.1, 0.15) is 6.42 Å². The van der Waals surface area contributed by atoms with E-state index < -0.39 is 0 Å². The van der Waals surface area contributed by atoms with E-state index in [0.717, 1.165) is 26.1 Å². The summed E-state index contributed by atoms with van der Waals surface area (Å²) in [6.45, 7) is 3.15. The Morgan fingerprint density at radius 1 is 1.62 bits per heavy atom. The van der Waals surface area contributed by atoms with E-state index in [1.54, 1.807) is 0 Å². The summed E-state index contributed by atoms with van der Waals surface area (Å²) in [5.74, 6) is -0.186. The van der Waals surface area contributed by atoms with Crippen LogP contribution in [0.2, 0.25) is 0 Å². The molecule has 2 fully saturated rings. The van der Waals surface area contributed by atoms with Crippen molar-refractivity contribution in [1.82, 2.24) is 5.32 Å². The molecule has 0 aliphatic carbocycles. The number of hydrogen-bond donors (Lipinski definition) is 1. The minimum atomic E-state index is -0.124. The average Bonchev–Trinajstić information content (AvgIpc) is 2.14. The Kier molecular flexibility index (Phi) is 2.26. The van der Waals surface area contributed by atoms with Crippen molar-refractivity contribution in [2.24, 2.45) is 11.3 Å². The molecule has 13 heavy (non-hydrogen) atoms. The van der Waals surface area contributed by atoms with E-state index in [4.69, 9.17) is 9.47 Å². The van der Waals surface area contributed by atoms with Crippen LogP contribution >= 0.6 is 0 Å². The molecule has 0 radical (unpaired) electrons. The van der Waals surface area contributed by atoms with Crippen LogP contribution in [0.25, 0.3) is 0 Å². The normalized spacial score (nSPS) is 31.0. The number of carbonyl (C=O) groups is 1. The minimum Gasteiger partial charge on any atom is -0.469 e. The number of ether oxygens (including phenoxy) is 2. The summed E-state index contributed by atoms with van der Waals surface area (Å²) in [4.78, 5) is 11.4. The van der Waals surface area contributed by atoms with Crippen molar-refractivity contribution in [1.29, 1.82) is 0 Å². The van der Waals surface area contributed by atoms with Gasteiger partial charge in [-0.3, -0.25) is 4.79 Å². The summed E-state index contributed by atoms with van der Waals surface area (Å²) in [6.07, 6.45) is 0.972. The van der Waals surface area contributed by atoms with E-state index in [2.05, 4.69) is 5.32 Å². The van der Waals surface area contributed by atoms with E-state index in [1.807, 2.05) is 0 Å². The van der Waals surface area contributed by atoms with Crippen LogP contribution in [0.5, 0.6) is 0 Å². The van der Waals surface area contributed by atoms with Crippen LogP contribution in [-0.4, -0.2) is 39.4 Å². The maximum atomic E-state index is 11.4. The van der Waals surface area contributed by atoms with Crippen LogP contribution in [0.3, 0.4) is 0 Å². The Labute approximate surface area is 77.6 Å². The lowest BCUT2D eigenvalue weighted by atomic mass is 9.67.